The average molecular weight is 189 g/mol. The van der Waals surface area contributed by atoms with E-state index in [1.165, 1.54) is 6.07 Å². The molecule has 0 N–H and O–H groups in total. The van der Waals surface area contributed by atoms with E-state index in [9.17, 15) is 9.90 Å². The maximum Gasteiger partial charge on any atom is 1.00 e. The summed E-state index contributed by atoms with van der Waals surface area (Å²) in [4.78, 5) is 13.9. The van der Waals surface area contributed by atoms with E-state index in [-0.39, 0.29) is 57.1 Å². The molecule has 0 amide bonds. The van der Waals surface area contributed by atoms with Crippen LogP contribution in [0.1, 0.15) is 23.0 Å². The molecular formula is C8H8KNO2. The quantitative estimate of drug-likeness (QED) is 0.466. The van der Waals surface area contributed by atoms with Crippen LogP contribution in [0.25, 0.3) is 0 Å². The number of aromatic nitrogens is 1. The zero-order valence-electron chi connectivity index (χ0n) is 7.20. The van der Waals surface area contributed by atoms with Gasteiger partial charge in [-0.25, -0.2) is 0 Å². The number of pyridine rings is 1. The Balaban J connectivity index is 0.00000121. The van der Waals surface area contributed by atoms with Crippen LogP contribution in [-0.2, 0) is 6.42 Å². The molecule has 0 saturated heterocycles. The Labute approximate surface area is 114 Å². The molecule has 3 nitrogen and oxygen atoms in total. The average Bonchev–Trinajstić information content (AvgIpc) is 2.05. The predicted molar refractivity (Wildman–Crippen MR) is 37.9 cm³/mol. The van der Waals surface area contributed by atoms with Crippen LogP contribution in [0.15, 0.2) is 18.3 Å². The second-order valence-corrected chi connectivity index (χ2v) is 2.19. The predicted octanol–water partition coefficient (Wildman–Crippen LogP) is -2.99. The van der Waals surface area contributed by atoms with E-state index < -0.39 is 5.97 Å². The van der Waals surface area contributed by atoms with Crippen molar-refractivity contribution < 1.29 is 61.3 Å². The van der Waals surface area contributed by atoms with Crippen LogP contribution < -0.4 is 56.5 Å². The summed E-state index contributed by atoms with van der Waals surface area (Å²) in [6.07, 6.45) is 2.41. The molecule has 0 aliphatic heterocycles. The molecule has 1 rings (SSSR count). The summed E-state index contributed by atoms with van der Waals surface area (Å²) in [7, 11) is 0. The van der Waals surface area contributed by atoms with Gasteiger partial charge in [0.1, 0.15) is 0 Å². The Morgan fingerprint density at radius 3 is 2.58 bits per heavy atom. The van der Waals surface area contributed by atoms with Gasteiger partial charge < -0.3 is 9.90 Å². The van der Waals surface area contributed by atoms with Gasteiger partial charge >= 0.3 is 51.4 Å². The third-order valence-corrected chi connectivity index (χ3v) is 1.44. The van der Waals surface area contributed by atoms with Gasteiger partial charge in [-0.3, -0.25) is 4.98 Å². The molecule has 0 fully saturated rings. The van der Waals surface area contributed by atoms with Crippen molar-refractivity contribution in [2.75, 3.05) is 0 Å². The van der Waals surface area contributed by atoms with Crippen LogP contribution in [0, 0.1) is 0 Å². The molecular weight excluding hydrogens is 181 g/mol. The Kier molecular flexibility index (Phi) is 5.95. The minimum atomic E-state index is -1.23. The van der Waals surface area contributed by atoms with Crippen molar-refractivity contribution in [3.8, 4) is 0 Å². The fraction of sp³-hybridized carbons (Fsp3) is 0.250. The van der Waals surface area contributed by atoms with Crippen molar-refractivity contribution in [3.05, 3.63) is 29.6 Å². The summed E-state index contributed by atoms with van der Waals surface area (Å²) in [5.74, 6) is -1.23. The van der Waals surface area contributed by atoms with E-state index in [2.05, 4.69) is 4.98 Å². The number of rotatable bonds is 2. The van der Waals surface area contributed by atoms with Crippen molar-refractivity contribution in [1.29, 1.82) is 0 Å². The molecule has 0 unspecified atom stereocenters. The summed E-state index contributed by atoms with van der Waals surface area (Å²) in [5.41, 5.74) is 1.01. The third-order valence-electron chi connectivity index (χ3n) is 1.44. The van der Waals surface area contributed by atoms with Gasteiger partial charge in [-0.15, -0.1) is 0 Å². The minimum absolute atomic E-state index is 0. The minimum Gasteiger partial charge on any atom is -0.543 e. The van der Waals surface area contributed by atoms with Gasteiger partial charge in [-0.1, -0.05) is 13.0 Å². The van der Waals surface area contributed by atoms with Crippen LogP contribution in [0.2, 0.25) is 0 Å². The van der Waals surface area contributed by atoms with Gasteiger partial charge in [0.05, 0.1) is 11.7 Å². The van der Waals surface area contributed by atoms with Crippen LogP contribution in [0.3, 0.4) is 0 Å². The van der Waals surface area contributed by atoms with Crippen molar-refractivity contribution in [3.63, 3.8) is 0 Å². The number of carboxylic acid groups (broad SMARTS) is 1. The molecule has 0 radical (unpaired) electrons. The van der Waals surface area contributed by atoms with Crippen molar-refractivity contribution in [1.82, 2.24) is 4.98 Å². The number of hydrogen-bond donors (Lipinski definition) is 0. The first-order valence-corrected chi connectivity index (χ1v) is 3.40. The number of aryl methyl sites for hydroxylation is 1. The molecule has 0 bridgehead atoms. The first-order chi connectivity index (χ1) is 5.24. The van der Waals surface area contributed by atoms with Crippen LogP contribution in [0.5, 0.6) is 0 Å². The Morgan fingerprint density at radius 2 is 2.25 bits per heavy atom. The van der Waals surface area contributed by atoms with Gasteiger partial charge in [-0.2, -0.15) is 0 Å². The van der Waals surface area contributed by atoms with Gasteiger partial charge in [-0.05, 0) is 18.1 Å². The van der Waals surface area contributed by atoms with Crippen molar-refractivity contribution >= 4 is 5.97 Å². The SMILES string of the molecule is CCc1ccc(C(=O)[O-])nc1.[K+]. The van der Waals surface area contributed by atoms with Crippen molar-refractivity contribution in [2.45, 2.75) is 13.3 Å². The zero-order chi connectivity index (χ0) is 8.27. The van der Waals surface area contributed by atoms with E-state index in [0.717, 1.165) is 12.0 Å². The van der Waals surface area contributed by atoms with Crippen LogP contribution in [-0.4, -0.2) is 11.0 Å². The number of hydrogen-bond acceptors (Lipinski definition) is 3. The molecule has 0 spiro atoms. The summed E-state index contributed by atoms with van der Waals surface area (Å²) in [5, 5.41) is 10.2. The van der Waals surface area contributed by atoms with Gasteiger partial charge in [0.15, 0.2) is 0 Å². The standard InChI is InChI=1S/C8H9NO2.K/c1-2-6-3-4-7(8(10)11)9-5-6;/h3-5H,2H2,1H3,(H,10,11);/q;+1/p-1. The fourth-order valence-corrected chi connectivity index (χ4v) is 0.754. The van der Waals surface area contributed by atoms with E-state index in [4.69, 9.17) is 0 Å². The molecule has 0 saturated carbocycles. The molecule has 1 heterocycles. The topological polar surface area (TPSA) is 53.0 Å². The smallest absolute Gasteiger partial charge is 0.543 e. The molecule has 0 atom stereocenters. The molecule has 1 aromatic heterocycles. The number of carboxylic acids is 1. The van der Waals surface area contributed by atoms with E-state index in [1.807, 2.05) is 6.92 Å². The molecule has 0 aliphatic carbocycles. The first-order valence-electron chi connectivity index (χ1n) is 3.40. The summed E-state index contributed by atoms with van der Waals surface area (Å²) in [6.45, 7) is 1.98. The number of carbonyl (C=O) groups excluding carboxylic acids is 1. The van der Waals surface area contributed by atoms with Gasteiger partial charge in [0.25, 0.3) is 0 Å². The zero-order valence-corrected chi connectivity index (χ0v) is 10.3. The molecule has 58 valence electrons. The van der Waals surface area contributed by atoms with Crippen LogP contribution >= 0.6 is 0 Å². The molecule has 12 heavy (non-hydrogen) atoms. The molecule has 4 heteroatoms. The van der Waals surface area contributed by atoms with Gasteiger partial charge in [0, 0.05) is 6.20 Å². The van der Waals surface area contributed by atoms with Crippen LogP contribution in [0.4, 0.5) is 0 Å². The fourth-order valence-electron chi connectivity index (χ4n) is 0.754. The van der Waals surface area contributed by atoms with Crippen molar-refractivity contribution in [2.24, 2.45) is 0 Å². The number of carbonyl (C=O) groups is 1. The van der Waals surface area contributed by atoms with E-state index >= 15 is 0 Å². The third kappa shape index (κ3) is 3.33. The maximum absolute atomic E-state index is 10.2. The van der Waals surface area contributed by atoms with E-state index in [1.54, 1.807) is 12.3 Å². The van der Waals surface area contributed by atoms with E-state index in [0.29, 0.717) is 0 Å². The summed E-state index contributed by atoms with van der Waals surface area (Å²) < 4.78 is 0. The molecule has 1 aromatic rings. The first kappa shape index (κ1) is 12.3. The normalized spacial score (nSPS) is 8.75. The monoisotopic (exact) mass is 189 g/mol. The number of nitrogens with zero attached hydrogens (tertiary/aromatic N) is 1. The summed E-state index contributed by atoms with van der Waals surface area (Å²) >= 11 is 0. The summed E-state index contributed by atoms with van der Waals surface area (Å²) in [6, 6.07) is 3.19. The molecule has 0 aliphatic rings. The largest absolute Gasteiger partial charge is 1.00 e. The second-order valence-electron chi connectivity index (χ2n) is 2.19. The maximum atomic E-state index is 10.2. The molecule has 0 aromatic carbocycles. The Hall–Kier alpha value is 0.256. The van der Waals surface area contributed by atoms with Gasteiger partial charge in [0.2, 0.25) is 0 Å². The second kappa shape index (κ2) is 5.83. The number of aromatic carboxylic acids is 1. The Bertz CT molecular complexity index is 258. The Morgan fingerprint density at radius 1 is 1.58 bits per heavy atom.